The summed E-state index contributed by atoms with van der Waals surface area (Å²) in [5, 5.41) is 29.3. The fourth-order valence-corrected chi connectivity index (χ4v) is 4.64. The van der Waals surface area contributed by atoms with Crippen molar-refractivity contribution in [2.24, 2.45) is 16.1 Å². The number of nitrogens with zero attached hydrogens (tertiary/aromatic N) is 2. The Morgan fingerprint density at radius 2 is 1.43 bits per heavy atom. The molecule has 2 aliphatic rings. The van der Waals surface area contributed by atoms with Gasteiger partial charge in [-0.05, 0) is 78.3 Å². The van der Waals surface area contributed by atoms with Gasteiger partial charge in [-0.25, -0.2) is 0 Å². The molecular weight excluding hydrogens is 372 g/mol. The highest BCUT2D eigenvalue weighted by Gasteiger charge is 2.50. The second-order valence-electron chi connectivity index (χ2n) is 8.18. The lowest BCUT2D eigenvalue weighted by atomic mass is 9.63. The summed E-state index contributed by atoms with van der Waals surface area (Å²) >= 11 is 0. The molecule has 3 aromatic rings. The number of phenols is 2. The molecule has 1 unspecified atom stereocenters. The molecule has 30 heavy (non-hydrogen) atoms. The Morgan fingerprint density at radius 3 is 2.03 bits per heavy atom. The molecule has 0 amide bonds. The van der Waals surface area contributed by atoms with Crippen LogP contribution in [0.4, 0.5) is 0 Å². The van der Waals surface area contributed by atoms with Gasteiger partial charge in [0.15, 0.2) is 0 Å². The normalized spacial score (nSPS) is 21.1. The van der Waals surface area contributed by atoms with Crippen molar-refractivity contribution in [1.29, 1.82) is 0 Å². The van der Waals surface area contributed by atoms with Crippen molar-refractivity contribution in [2.75, 3.05) is 0 Å². The summed E-state index contributed by atoms with van der Waals surface area (Å²) in [5.41, 5.74) is 4.82. The fraction of sp³-hybridized carbons (Fsp3) is 0.231. The van der Waals surface area contributed by atoms with Crippen molar-refractivity contribution < 1.29 is 10.2 Å². The largest absolute Gasteiger partial charge is 0.508 e. The van der Waals surface area contributed by atoms with Gasteiger partial charge in [0.2, 0.25) is 0 Å². The molecule has 1 atom stereocenters. The molecule has 0 bridgehead atoms. The molecule has 1 fully saturated rings. The van der Waals surface area contributed by atoms with Gasteiger partial charge in [-0.3, -0.25) is 0 Å². The van der Waals surface area contributed by atoms with Crippen molar-refractivity contribution in [3.63, 3.8) is 0 Å². The maximum atomic E-state index is 9.86. The molecule has 1 aliphatic carbocycles. The fourth-order valence-electron chi connectivity index (χ4n) is 4.64. The van der Waals surface area contributed by atoms with Gasteiger partial charge in [0, 0.05) is 5.56 Å². The van der Waals surface area contributed by atoms with Crippen LogP contribution in [-0.2, 0) is 12.0 Å². The van der Waals surface area contributed by atoms with Crippen LogP contribution in [0, 0.1) is 5.92 Å². The van der Waals surface area contributed by atoms with Crippen LogP contribution < -0.4 is 0 Å². The summed E-state index contributed by atoms with van der Waals surface area (Å²) in [6.07, 6.45) is 4.18. The monoisotopic (exact) mass is 396 g/mol. The molecule has 0 spiro atoms. The van der Waals surface area contributed by atoms with Crippen LogP contribution in [0.5, 0.6) is 11.5 Å². The molecular formula is C26H24N2O2. The van der Waals surface area contributed by atoms with Gasteiger partial charge in [0.05, 0.1) is 5.70 Å². The number of phenolic OH excluding ortho intramolecular Hbond substituents is 2. The molecule has 1 aliphatic heterocycles. The highest BCUT2D eigenvalue weighted by molar-refractivity contribution is 5.73. The van der Waals surface area contributed by atoms with E-state index >= 15 is 0 Å². The lowest BCUT2D eigenvalue weighted by Crippen LogP contribution is -2.39. The van der Waals surface area contributed by atoms with E-state index in [2.05, 4.69) is 24.3 Å². The van der Waals surface area contributed by atoms with Crippen LogP contribution in [0.2, 0.25) is 0 Å². The molecule has 5 rings (SSSR count). The van der Waals surface area contributed by atoms with E-state index in [1.807, 2.05) is 30.3 Å². The summed E-state index contributed by atoms with van der Waals surface area (Å²) in [6, 6.07) is 25.1. The Bertz CT molecular complexity index is 1100. The van der Waals surface area contributed by atoms with E-state index in [9.17, 15) is 10.2 Å². The predicted molar refractivity (Wildman–Crippen MR) is 117 cm³/mol. The second kappa shape index (κ2) is 7.45. The van der Waals surface area contributed by atoms with Gasteiger partial charge in [-0.1, -0.05) is 48.9 Å². The Kier molecular flexibility index (Phi) is 4.62. The van der Waals surface area contributed by atoms with Gasteiger partial charge in [0.1, 0.15) is 17.0 Å². The van der Waals surface area contributed by atoms with Crippen LogP contribution in [-0.4, -0.2) is 10.2 Å². The van der Waals surface area contributed by atoms with Crippen LogP contribution in [0.15, 0.2) is 94.7 Å². The summed E-state index contributed by atoms with van der Waals surface area (Å²) < 4.78 is 0. The van der Waals surface area contributed by atoms with Crippen LogP contribution >= 0.6 is 0 Å². The zero-order chi connectivity index (χ0) is 20.6. The van der Waals surface area contributed by atoms with E-state index in [4.69, 9.17) is 10.2 Å². The first-order valence-corrected chi connectivity index (χ1v) is 10.5. The van der Waals surface area contributed by atoms with E-state index in [0.717, 1.165) is 36.1 Å². The van der Waals surface area contributed by atoms with E-state index < -0.39 is 5.54 Å². The SMILES string of the molecule is Oc1ccc(C2=C(Cc3ccccc3)C(c3ccc(O)cc3)(C3CCC3)N=N2)cc1. The molecule has 0 saturated heterocycles. The van der Waals surface area contributed by atoms with E-state index in [1.165, 1.54) is 17.6 Å². The number of hydrogen-bond donors (Lipinski definition) is 2. The first-order valence-electron chi connectivity index (χ1n) is 10.5. The minimum atomic E-state index is -0.519. The average molecular weight is 396 g/mol. The first kappa shape index (κ1) is 18.6. The Morgan fingerprint density at radius 1 is 0.800 bits per heavy atom. The number of hydrogen-bond acceptors (Lipinski definition) is 4. The summed E-state index contributed by atoms with van der Waals surface area (Å²) in [7, 11) is 0. The van der Waals surface area contributed by atoms with Gasteiger partial charge >= 0.3 is 0 Å². The minimum Gasteiger partial charge on any atom is -0.508 e. The van der Waals surface area contributed by atoms with Crippen LogP contribution in [0.1, 0.15) is 36.0 Å². The van der Waals surface area contributed by atoms with Crippen LogP contribution in [0.3, 0.4) is 0 Å². The number of azo groups is 1. The zero-order valence-electron chi connectivity index (χ0n) is 16.7. The Balaban J connectivity index is 1.71. The van der Waals surface area contributed by atoms with Crippen molar-refractivity contribution >= 4 is 5.70 Å². The Labute approximate surface area is 176 Å². The van der Waals surface area contributed by atoms with E-state index in [0.29, 0.717) is 5.92 Å². The van der Waals surface area contributed by atoms with Crippen molar-refractivity contribution in [2.45, 2.75) is 31.2 Å². The van der Waals surface area contributed by atoms with Gasteiger partial charge in [-0.15, -0.1) is 0 Å². The second-order valence-corrected chi connectivity index (χ2v) is 8.18. The van der Waals surface area contributed by atoms with E-state index in [1.54, 1.807) is 24.3 Å². The molecule has 3 aromatic carbocycles. The molecule has 4 nitrogen and oxygen atoms in total. The smallest absolute Gasteiger partial charge is 0.133 e. The third-order valence-electron chi connectivity index (χ3n) is 6.42. The molecule has 0 radical (unpaired) electrons. The maximum Gasteiger partial charge on any atom is 0.133 e. The standard InChI is InChI=1S/C26H24N2O2/c29-22-13-9-19(10-14-22)25-24(17-18-5-2-1-3-6-18)26(28-27-25,20-7-4-8-20)21-11-15-23(30)16-12-21/h1-3,5-6,9-16,20,29-30H,4,7-8,17H2. The van der Waals surface area contributed by atoms with Crippen LogP contribution in [0.25, 0.3) is 5.70 Å². The predicted octanol–water partition coefficient (Wildman–Crippen LogP) is 6.21. The van der Waals surface area contributed by atoms with Gasteiger partial charge in [-0.2, -0.15) is 10.2 Å². The highest BCUT2D eigenvalue weighted by Crippen LogP contribution is 2.56. The molecule has 1 heterocycles. The molecule has 2 N–H and O–H groups in total. The number of rotatable bonds is 5. The minimum absolute atomic E-state index is 0.239. The van der Waals surface area contributed by atoms with Gasteiger partial charge in [0.25, 0.3) is 0 Å². The van der Waals surface area contributed by atoms with Crippen molar-refractivity contribution in [3.05, 3.63) is 101 Å². The lowest BCUT2D eigenvalue weighted by molar-refractivity contribution is 0.196. The molecule has 1 saturated carbocycles. The number of benzene rings is 3. The summed E-state index contributed by atoms with van der Waals surface area (Å²) in [5.74, 6) is 0.881. The maximum absolute atomic E-state index is 9.86. The lowest BCUT2D eigenvalue weighted by Gasteiger charge is -2.42. The molecule has 150 valence electrons. The highest BCUT2D eigenvalue weighted by atomic mass is 16.3. The summed E-state index contributed by atoms with van der Waals surface area (Å²) in [4.78, 5) is 0. The zero-order valence-corrected chi connectivity index (χ0v) is 16.7. The molecule has 4 heteroatoms. The topological polar surface area (TPSA) is 65.2 Å². The quantitative estimate of drug-likeness (QED) is 0.538. The summed E-state index contributed by atoms with van der Waals surface area (Å²) in [6.45, 7) is 0. The third kappa shape index (κ3) is 3.09. The van der Waals surface area contributed by atoms with Gasteiger partial charge < -0.3 is 10.2 Å². The Hall–Kier alpha value is -3.40. The molecule has 0 aromatic heterocycles. The van der Waals surface area contributed by atoms with Crippen molar-refractivity contribution in [1.82, 2.24) is 0 Å². The van der Waals surface area contributed by atoms with Crippen molar-refractivity contribution in [3.8, 4) is 11.5 Å². The third-order valence-corrected chi connectivity index (χ3v) is 6.42. The first-order chi connectivity index (χ1) is 14.7. The van der Waals surface area contributed by atoms with E-state index in [-0.39, 0.29) is 11.5 Å². The number of aromatic hydroxyl groups is 2. The average Bonchev–Trinajstić information content (AvgIpc) is 3.08.